The first kappa shape index (κ1) is 26.6. The van der Waals surface area contributed by atoms with Crippen LogP contribution in [0.25, 0.3) is 0 Å². The topological polar surface area (TPSA) is 0 Å². The molecule has 0 unspecified atom stereocenters. The minimum atomic E-state index is -1.66. The second-order valence-electron chi connectivity index (χ2n) is 7.55. The molecule has 7 heteroatoms. The van der Waals surface area contributed by atoms with E-state index in [2.05, 4.69) is 73.4 Å². The van der Waals surface area contributed by atoms with E-state index in [-0.39, 0.29) is 11.6 Å². The summed E-state index contributed by atoms with van der Waals surface area (Å²) in [7, 11) is -1.66. The van der Waals surface area contributed by atoms with E-state index in [1.165, 1.54) is 6.07 Å². The molecule has 0 atom stereocenters. The summed E-state index contributed by atoms with van der Waals surface area (Å²) in [6.45, 7) is 13.8. The molecular formula is C21H27Br2F2ISSi. The van der Waals surface area contributed by atoms with Gasteiger partial charge in [0.25, 0.3) is 0 Å². The highest BCUT2D eigenvalue weighted by molar-refractivity contribution is 14.1. The summed E-state index contributed by atoms with van der Waals surface area (Å²) in [5, 5.41) is 0. The first-order chi connectivity index (χ1) is 12.9. The number of halogens is 5. The van der Waals surface area contributed by atoms with Gasteiger partial charge in [0.2, 0.25) is 0 Å². The Hall–Kier alpha value is 0.557. The predicted molar refractivity (Wildman–Crippen MR) is 138 cm³/mol. The Labute approximate surface area is 203 Å². The van der Waals surface area contributed by atoms with Crippen LogP contribution in [0, 0.1) is 15.2 Å². The first-order valence-electron chi connectivity index (χ1n) is 9.16. The standard InChI is InChI=1S/C15H24BrFSSi.C6H3BrFI/c1-10(2)19(11(3)4,12(5)6)18-15-8-7-13(16)9-14(15)17;7-4-1-2-6(9)5(8)3-4/h7-12H,1-6H3;1-3H. The monoisotopic (exact) mass is 662 g/mol. The fourth-order valence-corrected chi connectivity index (χ4v) is 13.7. The van der Waals surface area contributed by atoms with Crippen LogP contribution < -0.4 is 0 Å². The number of hydrogen-bond acceptors (Lipinski definition) is 1. The maximum atomic E-state index is 14.1. The van der Waals surface area contributed by atoms with Crippen molar-refractivity contribution < 1.29 is 8.78 Å². The van der Waals surface area contributed by atoms with E-state index in [0.29, 0.717) is 20.2 Å². The van der Waals surface area contributed by atoms with Gasteiger partial charge in [0, 0.05) is 17.4 Å². The molecular weight excluding hydrogens is 637 g/mol. The van der Waals surface area contributed by atoms with Gasteiger partial charge in [-0.15, -0.1) is 11.2 Å². The van der Waals surface area contributed by atoms with Gasteiger partial charge in [-0.25, -0.2) is 8.78 Å². The third-order valence-electron chi connectivity index (χ3n) is 4.77. The molecule has 0 bridgehead atoms. The van der Waals surface area contributed by atoms with Gasteiger partial charge in [-0.2, -0.15) is 0 Å². The summed E-state index contributed by atoms with van der Waals surface area (Å²) in [5.41, 5.74) is 1.88. The molecule has 0 spiro atoms. The average molecular weight is 664 g/mol. The van der Waals surface area contributed by atoms with Crippen LogP contribution in [0.3, 0.4) is 0 Å². The molecule has 0 aliphatic heterocycles. The molecule has 0 fully saturated rings. The van der Waals surface area contributed by atoms with E-state index in [1.54, 1.807) is 12.1 Å². The summed E-state index contributed by atoms with van der Waals surface area (Å²) < 4.78 is 28.9. The first-order valence-corrected chi connectivity index (χ1v) is 15.6. The fraction of sp³-hybridized carbons (Fsp3) is 0.429. The molecule has 2 rings (SSSR count). The van der Waals surface area contributed by atoms with Crippen molar-refractivity contribution in [2.75, 3.05) is 0 Å². The quantitative estimate of drug-likeness (QED) is 0.174. The molecule has 0 saturated carbocycles. The number of rotatable bonds is 5. The summed E-state index contributed by atoms with van der Waals surface area (Å²) in [5.74, 6) is -0.275. The highest BCUT2D eigenvalue weighted by Crippen LogP contribution is 2.52. The number of benzene rings is 2. The van der Waals surface area contributed by atoms with E-state index in [4.69, 9.17) is 0 Å². The summed E-state index contributed by atoms with van der Waals surface area (Å²) in [6.07, 6.45) is 0. The third kappa shape index (κ3) is 7.06. The molecule has 0 N–H and O–H groups in total. The lowest BCUT2D eigenvalue weighted by Crippen LogP contribution is -2.41. The molecule has 0 nitrogen and oxygen atoms in total. The summed E-state index contributed by atoms with van der Waals surface area (Å²) >= 11 is 10.3. The van der Waals surface area contributed by atoms with Gasteiger partial charge >= 0.3 is 0 Å². The highest BCUT2D eigenvalue weighted by Gasteiger charge is 2.44. The molecule has 2 aromatic rings. The van der Waals surface area contributed by atoms with Crippen molar-refractivity contribution in [3.63, 3.8) is 0 Å². The Kier molecular flexibility index (Phi) is 11.2. The van der Waals surface area contributed by atoms with E-state index in [9.17, 15) is 8.78 Å². The molecule has 0 aromatic heterocycles. The van der Waals surface area contributed by atoms with Gasteiger partial charge in [-0.05, 0) is 75.6 Å². The van der Waals surface area contributed by atoms with Gasteiger partial charge in [-0.3, -0.25) is 0 Å². The minimum absolute atomic E-state index is 0.0989. The van der Waals surface area contributed by atoms with Crippen LogP contribution >= 0.6 is 65.7 Å². The van der Waals surface area contributed by atoms with Crippen LogP contribution in [0.1, 0.15) is 41.5 Å². The molecule has 0 saturated heterocycles. The summed E-state index contributed by atoms with van der Waals surface area (Å²) in [6, 6.07) is 10.4. The zero-order chi connectivity index (χ0) is 21.6. The minimum Gasteiger partial charge on any atom is -0.206 e. The SMILES string of the molecule is CC(C)[Si](Sc1ccc(Br)cc1F)(C(C)C)C(C)C.Fc1cc(Br)ccc1I. The Morgan fingerprint density at radius 2 is 1.21 bits per heavy atom. The second kappa shape index (κ2) is 11.8. The lowest BCUT2D eigenvalue weighted by atomic mass is 10.3. The van der Waals surface area contributed by atoms with Crippen molar-refractivity contribution in [3.8, 4) is 0 Å². The van der Waals surface area contributed by atoms with Crippen molar-refractivity contribution in [2.45, 2.75) is 63.1 Å². The van der Waals surface area contributed by atoms with Crippen molar-refractivity contribution in [1.29, 1.82) is 0 Å². The van der Waals surface area contributed by atoms with Gasteiger partial charge in [-0.1, -0.05) is 73.4 Å². The molecule has 0 aliphatic carbocycles. The van der Waals surface area contributed by atoms with Gasteiger partial charge in [0.1, 0.15) is 18.9 Å². The predicted octanol–water partition coefficient (Wildman–Crippen LogP) is 10.0. The van der Waals surface area contributed by atoms with E-state index in [1.807, 2.05) is 52.0 Å². The van der Waals surface area contributed by atoms with Gasteiger partial charge < -0.3 is 0 Å². The maximum absolute atomic E-state index is 14.1. The van der Waals surface area contributed by atoms with Crippen LogP contribution in [0.2, 0.25) is 16.6 Å². The second-order valence-corrected chi connectivity index (χ2v) is 19.1. The third-order valence-corrected chi connectivity index (χ3v) is 18.9. The summed E-state index contributed by atoms with van der Waals surface area (Å²) in [4.78, 5) is 0.811. The van der Waals surface area contributed by atoms with Crippen LogP contribution in [0.4, 0.5) is 8.78 Å². The van der Waals surface area contributed by atoms with Crippen LogP contribution in [0.5, 0.6) is 0 Å². The lowest BCUT2D eigenvalue weighted by Gasteiger charge is -2.42. The van der Waals surface area contributed by atoms with Crippen molar-refractivity contribution in [3.05, 3.63) is 60.5 Å². The van der Waals surface area contributed by atoms with Crippen LogP contribution in [0.15, 0.2) is 50.2 Å². The molecule has 2 aromatic carbocycles. The Balaban J connectivity index is 0.000000362. The van der Waals surface area contributed by atoms with Gasteiger partial charge in [0.05, 0.1) is 0 Å². The molecule has 0 amide bonds. The fourth-order valence-electron chi connectivity index (χ4n) is 3.57. The zero-order valence-corrected chi connectivity index (χ0v) is 24.1. The smallest absolute Gasteiger partial charge is 0.137 e. The molecule has 156 valence electrons. The Morgan fingerprint density at radius 1 is 0.786 bits per heavy atom. The van der Waals surface area contributed by atoms with Crippen LogP contribution in [-0.4, -0.2) is 7.22 Å². The average Bonchev–Trinajstić information content (AvgIpc) is 2.57. The van der Waals surface area contributed by atoms with Gasteiger partial charge in [0.15, 0.2) is 0 Å². The number of hydrogen-bond donors (Lipinski definition) is 0. The van der Waals surface area contributed by atoms with Crippen LogP contribution in [-0.2, 0) is 0 Å². The lowest BCUT2D eigenvalue weighted by molar-refractivity contribution is 0.601. The molecule has 0 aliphatic rings. The van der Waals surface area contributed by atoms with E-state index in [0.717, 1.165) is 13.8 Å². The zero-order valence-electron chi connectivity index (χ0n) is 17.0. The molecule has 28 heavy (non-hydrogen) atoms. The maximum Gasteiger partial charge on any atom is 0.137 e. The van der Waals surface area contributed by atoms with Crippen molar-refractivity contribution in [1.82, 2.24) is 0 Å². The Morgan fingerprint density at radius 3 is 1.57 bits per heavy atom. The largest absolute Gasteiger partial charge is 0.206 e. The normalized spacial score (nSPS) is 11.8. The molecule has 0 radical (unpaired) electrons. The van der Waals surface area contributed by atoms with E-state index < -0.39 is 7.22 Å². The Bertz CT molecular complexity index is 763. The highest BCUT2D eigenvalue weighted by atomic mass is 127. The van der Waals surface area contributed by atoms with Crippen molar-refractivity contribution in [2.24, 2.45) is 0 Å². The van der Waals surface area contributed by atoms with E-state index >= 15 is 0 Å². The van der Waals surface area contributed by atoms with Crippen molar-refractivity contribution >= 4 is 72.9 Å². The molecule has 0 heterocycles.